The number of aryl methyl sites for hydroxylation is 1. The molecule has 0 atom stereocenters. The van der Waals surface area contributed by atoms with Gasteiger partial charge in [0.1, 0.15) is 5.84 Å². The van der Waals surface area contributed by atoms with Crippen LogP contribution in [0.25, 0.3) is 0 Å². The molecule has 7 heteroatoms. The van der Waals surface area contributed by atoms with Crippen LogP contribution in [0.1, 0.15) is 24.1 Å². The van der Waals surface area contributed by atoms with E-state index in [0.29, 0.717) is 16.6 Å². The van der Waals surface area contributed by atoms with Gasteiger partial charge in [0, 0.05) is 24.3 Å². The van der Waals surface area contributed by atoms with Gasteiger partial charge in [0.2, 0.25) is 0 Å². The number of nitrogens with one attached hydrogen (secondary N) is 1. The van der Waals surface area contributed by atoms with Gasteiger partial charge in [0.05, 0.1) is 28.6 Å². The van der Waals surface area contributed by atoms with Crippen molar-refractivity contribution in [1.82, 2.24) is 14.5 Å². The molecule has 0 radical (unpaired) electrons. The Morgan fingerprint density at radius 2 is 1.92 bits per heavy atom. The van der Waals surface area contributed by atoms with E-state index >= 15 is 0 Å². The zero-order valence-electron chi connectivity index (χ0n) is 15.1. The zero-order chi connectivity index (χ0) is 18.3. The molecule has 2 aliphatic rings. The summed E-state index contributed by atoms with van der Waals surface area (Å²) >= 11 is 12.5. The highest BCUT2D eigenvalue weighted by Gasteiger charge is 2.42. The van der Waals surface area contributed by atoms with E-state index in [2.05, 4.69) is 22.2 Å². The van der Waals surface area contributed by atoms with Gasteiger partial charge >= 0.3 is 0 Å². The number of nitrogens with zero attached hydrogens (tertiary/aromatic N) is 4. The van der Waals surface area contributed by atoms with Gasteiger partial charge in [0.15, 0.2) is 0 Å². The van der Waals surface area contributed by atoms with Crippen LogP contribution in [-0.2, 0) is 20.0 Å². The van der Waals surface area contributed by atoms with E-state index in [1.807, 2.05) is 36.3 Å². The summed E-state index contributed by atoms with van der Waals surface area (Å²) < 4.78 is 1.95. The van der Waals surface area contributed by atoms with Gasteiger partial charge in [0.25, 0.3) is 0 Å². The van der Waals surface area contributed by atoms with Crippen LogP contribution >= 0.6 is 23.2 Å². The number of fused-ring (bicyclic) bond motifs is 1. The normalized spacial score (nSPS) is 21.0. The molecule has 1 N–H and O–H groups in total. The van der Waals surface area contributed by atoms with Gasteiger partial charge in [-0.05, 0) is 57.1 Å². The van der Waals surface area contributed by atoms with Crippen LogP contribution < -0.4 is 5.32 Å². The standard InChI is InChI=1S/C19H23Cl2N5/c1-25-5-3-19(4-6-25)9-13-7-15(20)16(21)8-17(13)24-18(19)22-10-14-11-26(2)12-23-14/h7-8,11-12H,3-6,9-10H2,1-2H3,(H,22,24). The number of hydrogen-bond acceptors (Lipinski definition) is 3. The van der Waals surface area contributed by atoms with Crippen LogP contribution in [0.3, 0.4) is 0 Å². The molecule has 5 nitrogen and oxygen atoms in total. The van der Waals surface area contributed by atoms with Crippen molar-refractivity contribution in [2.45, 2.75) is 25.8 Å². The fraction of sp³-hybridized carbons (Fsp3) is 0.474. The summed E-state index contributed by atoms with van der Waals surface area (Å²) in [4.78, 5) is 11.7. The van der Waals surface area contributed by atoms with Crippen molar-refractivity contribution in [2.75, 3.05) is 25.5 Å². The first-order valence-electron chi connectivity index (χ1n) is 8.90. The van der Waals surface area contributed by atoms with Crippen molar-refractivity contribution >= 4 is 34.7 Å². The van der Waals surface area contributed by atoms with E-state index < -0.39 is 0 Å². The van der Waals surface area contributed by atoms with E-state index in [1.54, 1.807) is 0 Å². The molecule has 1 fully saturated rings. The average molecular weight is 392 g/mol. The van der Waals surface area contributed by atoms with Gasteiger partial charge in [-0.2, -0.15) is 0 Å². The number of rotatable bonds is 2. The maximum absolute atomic E-state index is 6.27. The molecule has 1 spiro atoms. The zero-order valence-corrected chi connectivity index (χ0v) is 16.6. The van der Waals surface area contributed by atoms with Crippen LogP contribution in [0, 0.1) is 5.41 Å². The van der Waals surface area contributed by atoms with Crippen LogP contribution in [-0.4, -0.2) is 40.4 Å². The SMILES string of the molecule is CN1CCC2(CC1)Cc1cc(Cl)c(Cl)cc1NC2=NCc1cn(C)cn1. The van der Waals surface area contributed by atoms with Crippen molar-refractivity contribution < 1.29 is 0 Å². The van der Waals surface area contributed by atoms with Gasteiger partial charge in [-0.1, -0.05) is 23.2 Å². The number of amidine groups is 1. The molecule has 4 rings (SSSR count). The number of benzene rings is 1. The molecule has 0 unspecified atom stereocenters. The molecule has 0 bridgehead atoms. The second-order valence-corrected chi connectivity index (χ2v) is 8.32. The van der Waals surface area contributed by atoms with Gasteiger partial charge in [-0.25, -0.2) is 4.98 Å². The first-order chi connectivity index (χ1) is 12.4. The molecule has 1 aromatic heterocycles. The van der Waals surface area contributed by atoms with Crippen LogP contribution in [0.4, 0.5) is 5.69 Å². The fourth-order valence-corrected chi connectivity index (χ4v) is 4.29. The fourth-order valence-electron chi connectivity index (χ4n) is 3.94. The third-order valence-electron chi connectivity index (χ3n) is 5.53. The average Bonchev–Trinajstić information content (AvgIpc) is 3.03. The molecule has 2 aliphatic heterocycles. The molecule has 1 saturated heterocycles. The Bertz CT molecular complexity index is 850. The lowest BCUT2D eigenvalue weighted by Gasteiger charge is -2.45. The smallest absolute Gasteiger partial charge is 0.108 e. The number of imidazole rings is 1. The molecule has 0 aliphatic carbocycles. The molecule has 138 valence electrons. The Balaban J connectivity index is 1.69. The van der Waals surface area contributed by atoms with E-state index in [0.717, 1.165) is 49.6 Å². The largest absolute Gasteiger partial charge is 0.343 e. The highest BCUT2D eigenvalue weighted by molar-refractivity contribution is 6.42. The number of aliphatic imine (C=N–C) groups is 1. The second kappa shape index (κ2) is 6.87. The van der Waals surface area contributed by atoms with Crippen molar-refractivity contribution in [3.05, 3.63) is 46.0 Å². The summed E-state index contributed by atoms with van der Waals surface area (Å²) in [7, 11) is 4.15. The third-order valence-corrected chi connectivity index (χ3v) is 6.25. The number of hydrogen-bond donors (Lipinski definition) is 1. The highest BCUT2D eigenvalue weighted by Crippen LogP contribution is 2.44. The molecule has 0 amide bonds. The van der Waals surface area contributed by atoms with Crippen molar-refractivity contribution in [2.24, 2.45) is 17.5 Å². The predicted octanol–water partition coefficient (Wildman–Crippen LogP) is 4.01. The summed E-state index contributed by atoms with van der Waals surface area (Å²) in [6, 6.07) is 3.92. The minimum absolute atomic E-state index is 0.0332. The lowest BCUT2D eigenvalue weighted by atomic mass is 9.70. The summed E-state index contributed by atoms with van der Waals surface area (Å²) in [5.41, 5.74) is 3.25. The van der Waals surface area contributed by atoms with Gasteiger partial charge in [-0.3, -0.25) is 4.99 Å². The Morgan fingerprint density at radius 3 is 2.62 bits per heavy atom. The Hall–Kier alpha value is -1.56. The quantitative estimate of drug-likeness (QED) is 0.840. The number of piperidine rings is 1. The predicted molar refractivity (Wildman–Crippen MR) is 107 cm³/mol. The second-order valence-electron chi connectivity index (χ2n) is 7.50. The number of anilines is 1. The molecule has 26 heavy (non-hydrogen) atoms. The minimum Gasteiger partial charge on any atom is -0.343 e. The number of likely N-dealkylation sites (tertiary alicyclic amines) is 1. The minimum atomic E-state index is 0.0332. The monoisotopic (exact) mass is 391 g/mol. The summed E-state index contributed by atoms with van der Waals surface area (Å²) in [6.07, 6.45) is 6.93. The number of halogens is 2. The van der Waals surface area contributed by atoms with Crippen molar-refractivity contribution in [3.63, 3.8) is 0 Å². The summed E-state index contributed by atoms with van der Waals surface area (Å²) in [5.74, 6) is 1.06. The molecule has 0 saturated carbocycles. The van der Waals surface area contributed by atoms with E-state index in [4.69, 9.17) is 28.2 Å². The molecule has 3 heterocycles. The number of aromatic nitrogens is 2. The first-order valence-corrected chi connectivity index (χ1v) is 9.66. The Morgan fingerprint density at radius 1 is 1.19 bits per heavy atom. The third kappa shape index (κ3) is 3.36. The van der Waals surface area contributed by atoms with Gasteiger partial charge in [-0.15, -0.1) is 0 Å². The van der Waals surface area contributed by atoms with Crippen LogP contribution in [0.2, 0.25) is 10.0 Å². The van der Waals surface area contributed by atoms with Crippen LogP contribution in [0.5, 0.6) is 0 Å². The highest BCUT2D eigenvalue weighted by atomic mass is 35.5. The Labute approximate surface area is 164 Å². The lowest BCUT2D eigenvalue weighted by molar-refractivity contribution is 0.178. The Kier molecular flexibility index (Phi) is 4.71. The molecular weight excluding hydrogens is 369 g/mol. The van der Waals surface area contributed by atoms with E-state index in [9.17, 15) is 0 Å². The van der Waals surface area contributed by atoms with Crippen molar-refractivity contribution in [1.29, 1.82) is 0 Å². The van der Waals surface area contributed by atoms with E-state index in [-0.39, 0.29) is 5.41 Å². The molecular formula is C19H23Cl2N5. The molecule has 2 aromatic rings. The summed E-state index contributed by atoms with van der Waals surface area (Å²) in [5, 5.41) is 4.76. The summed E-state index contributed by atoms with van der Waals surface area (Å²) in [6.45, 7) is 2.72. The maximum atomic E-state index is 6.27. The molecule has 1 aromatic carbocycles. The topological polar surface area (TPSA) is 45.5 Å². The van der Waals surface area contributed by atoms with E-state index in [1.165, 1.54) is 5.56 Å². The van der Waals surface area contributed by atoms with Crippen molar-refractivity contribution in [3.8, 4) is 0 Å². The lowest BCUT2D eigenvalue weighted by Crippen LogP contribution is -2.49. The van der Waals surface area contributed by atoms with Gasteiger partial charge < -0.3 is 14.8 Å². The maximum Gasteiger partial charge on any atom is 0.108 e. The van der Waals surface area contributed by atoms with Crippen LogP contribution in [0.15, 0.2) is 29.6 Å². The first kappa shape index (κ1) is 17.8.